The van der Waals surface area contributed by atoms with Crippen LogP contribution in [0, 0.1) is 16.7 Å². The Morgan fingerprint density at radius 3 is 2.08 bits per heavy atom. The van der Waals surface area contributed by atoms with Crippen molar-refractivity contribution in [3.05, 3.63) is 0 Å². The van der Waals surface area contributed by atoms with Crippen molar-refractivity contribution in [2.45, 2.75) is 51.4 Å². The van der Waals surface area contributed by atoms with E-state index in [4.69, 9.17) is 0 Å². The van der Waals surface area contributed by atoms with Crippen LogP contribution in [-0.4, -0.2) is 3.92 Å². The van der Waals surface area contributed by atoms with Gasteiger partial charge in [-0.05, 0) is 29.6 Å². The van der Waals surface area contributed by atoms with Crippen LogP contribution in [0.25, 0.3) is 0 Å². The molecular formula is C11H21I. The van der Waals surface area contributed by atoms with E-state index in [9.17, 15) is 0 Å². The highest BCUT2D eigenvalue weighted by Crippen LogP contribution is 2.52. The highest BCUT2D eigenvalue weighted by molar-refractivity contribution is 14.1. The Hall–Kier alpha value is 0.730. The van der Waals surface area contributed by atoms with Crippen LogP contribution in [0.2, 0.25) is 0 Å². The van der Waals surface area contributed by atoms with Crippen LogP contribution in [0.5, 0.6) is 0 Å². The first-order chi connectivity index (χ1) is 5.28. The number of hydrogen-bond donors (Lipinski definition) is 0. The molecule has 0 heterocycles. The first kappa shape index (κ1) is 10.8. The zero-order chi connectivity index (χ0) is 9.57. The molecule has 0 radical (unpaired) electrons. The van der Waals surface area contributed by atoms with E-state index in [0.29, 0.717) is 10.8 Å². The van der Waals surface area contributed by atoms with Crippen molar-refractivity contribution in [3.8, 4) is 0 Å². The van der Waals surface area contributed by atoms with Crippen molar-refractivity contribution in [2.75, 3.05) is 0 Å². The van der Waals surface area contributed by atoms with Gasteiger partial charge in [-0.2, -0.15) is 0 Å². The Morgan fingerprint density at radius 2 is 1.67 bits per heavy atom. The predicted molar refractivity (Wildman–Crippen MR) is 63.8 cm³/mol. The molecule has 1 saturated carbocycles. The fourth-order valence-corrected chi connectivity index (χ4v) is 3.22. The number of halogens is 1. The molecular weight excluding hydrogens is 259 g/mol. The zero-order valence-corrected chi connectivity index (χ0v) is 11.1. The van der Waals surface area contributed by atoms with Gasteiger partial charge in [-0.3, -0.25) is 0 Å². The minimum Gasteiger partial charge on any atom is -0.0820 e. The lowest BCUT2D eigenvalue weighted by Gasteiger charge is -2.50. The third kappa shape index (κ3) is 1.66. The third-order valence-electron chi connectivity index (χ3n) is 4.14. The number of rotatable bonds is 0. The van der Waals surface area contributed by atoms with E-state index in [2.05, 4.69) is 57.2 Å². The second-order valence-corrected chi connectivity index (χ2v) is 7.04. The second kappa shape index (κ2) is 3.14. The van der Waals surface area contributed by atoms with Crippen LogP contribution in [0.4, 0.5) is 0 Å². The molecule has 1 fully saturated rings. The van der Waals surface area contributed by atoms with Gasteiger partial charge in [0.1, 0.15) is 0 Å². The average molecular weight is 280 g/mol. The first-order valence-electron chi connectivity index (χ1n) is 4.92. The van der Waals surface area contributed by atoms with Gasteiger partial charge in [-0.25, -0.2) is 0 Å². The van der Waals surface area contributed by atoms with Crippen LogP contribution in [0.15, 0.2) is 0 Å². The topological polar surface area (TPSA) is 0 Å². The highest BCUT2D eigenvalue weighted by atomic mass is 127. The summed E-state index contributed by atoms with van der Waals surface area (Å²) >= 11 is 2.63. The largest absolute Gasteiger partial charge is 0.0820 e. The molecule has 72 valence electrons. The van der Waals surface area contributed by atoms with E-state index in [1.54, 1.807) is 0 Å². The predicted octanol–water partition coefficient (Wildman–Crippen LogP) is 4.27. The second-order valence-electron chi connectivity index (χ2n) is 5.54. The van der Waals surface area contributed by atoms with E-state index in [1.165, 1.54) is 12.8 Å². The fraction of sp³-hybridized carbons (Fsp3) is 1.00. The monoisotopic (exact) mass is 280 g/mol. The van der Waals surface area contributed by atoms with Gasteiger partial charge in [-0.15, -0.1) is 0 Å². The minimum atomic E-state index is 0.516. The van der Waals surface area contributed by atoms with Crippen LogP contribution in [-0.2, 0) is 0 Å². The minimum absolute atomic E-state index is 0.516. The van der Waals surface area contributed by atoms with Crippen LogP contribution >= 0.6 is 22.6 Å². The lowest BCUT2D eigenvalue weighted by Crippen LogP contribution is -2.44. The van der Waals surface area contributed by atoms with Crippen molar-refractivity contribution >= 4 is 22.6 Å². The van der Waals surface area contributed by atoms with Gasteiger partial charge < -0.3 is 0 Å². The van der Waals surface area contributed by atoms with E-state index in [-0.39, 0.29) is 0 Å². The van der Waals surface area contributed by atoms with Crippen LogP contribution in [0.1, 0.15) is 47.5 Å². The molecule has 2 atom stereocenters. The van der Waals surface area contributed by atoms with Gasteiger partial charge in [-0.1, -0.05) is 57.2 Å². The van der Waals surface area contributed by atoms with Crippen molar-refractivity contribution in [2.24, 2.45) is 16.7 Å². The Balaban J connectivity index is 2.86. The summed E-state index contributed by atoms with van der Waals surface area (Å²) in [5, 5.41) is 0. The SMILES string of the molecule is C[C@@H]1C(C)(C)CC[C@H](I)C1(C)C. The molecule has 0 unspecified atom stereocenters. The molecule has 0 aromatic carbocycles. The van der Waals surface area contributed by atoms with Crippen molar-refractivity contribution in [1.29, 1.82) is 0 Å². The standard InChI is InChI=1S/C11H21I/c1-8-10(2,3)7-6-9(12)11(8,4)5/h8-9H,6-7H2,1-5H3/t8-,9+/m1/s1. The van der Waals surface area contributed by atoms with Crippen molar-refractivity contribution < 1.29 is 0 Å². The molecule has 1 aliphatic rings. The quantitative estimate of drug-likeness (QED) is 0.459. The van der Waals surface area contributed by atoms with Crippen LogP contribution < -0.4 is 0 Å². The molecule has 1 heteroatoms. The maximum absolute atomic E-state index is 2.63. The van der Waals surface area contributed by atoms with Gasteiger partial charge in [0.25, 0.3) is 0 Å². The Labute approximate surface area is 90.6 Å². The average Bonchev–Trinajstić information content (AvgIpc) is 1.96. The fourth-order valence-electron chi connectivity index (χ4n) is 2.37. The van der Waals surface area contributed by atoms with Gasteiger partial charge in [0.2, 0.25) is 0 Å². The Kier molecular flexibility index (Phi) is 2.83. The third-order valence-corrected chi connectivity index (χ3v) is 6.37. The summed E-state index contributed by atoms with van der Waals surface area (Å²) in [6, 6.07) is 0. The van der Waals surface area contributed by atoms with E-state index in [1.807, 2.05) is 0 Å². The summed E-state index contributed by atoms with van der Waals surface area (Å²) in [6.07, 6.45) is 2.79. The first-order valence-corrected chi connectivity index (χ1v) is 6.17. The molecule has 0 aromatic heterocycles. The smallest absolute Gasteiger partial charge is 0.0164 e. The Morgan fingerprint density at radius 1 is 1.17 bits per heavy atom. The number of alkyl halides is 1. The molecule has 0 amide bonds. The summed E-state index contributed by atoms with van der Waals surface area (Å²) in [5.74, 6) is 0.834. The molecule has 12 heavy (non-hydrogen) atoms. The normalized spacial score (nSPS) is 39.5. The van der Waals surface area contributed by atoms with E-state index >= 15 is 0 Å². The number of hydrogen-bond acceptors (Lipinski definition) is 0. The Bertz CT molecular complexity index is 170. The maximum Gasteiger partial charge on any atom is 0.0164 e. The zero-order valence-electron chi connectivity index (χ0n) is 8.95. The highest BCUT2D eigenvalue weighted by Gasteiger charge is 2.45. The molecule has 0 saturated heterocycles. The summed E-state index contributed by atoms with van der Waals surface area (Å²) in [7, 11) is 0. The molecule has 0 N–H and O–H groups in total. The maximum atomic E-state index is 2.63. The van der Waals surface area contributed by atoms with Gasteiger partial charge in [0, 0.05) is 3.92 Å². The summed E-state index contributed by atoms with van der Waals surface area (Å²) < 4.78 is 0.859. The van der Waals surface area contributed by atoms with E-state index in [0.717, 1.165) is 9.84 Å². The summed E-state index contributed by atoms with van der Waals surface area (Å²) in [6.45, 7) is 12.1. The molecule has 0 bridgehead atoms. The molecule has 0 aromatic rings. The molecule has 0 spiro atoms. The van der Waals surface area contributed by atoms with Crippen molar-refractivity contribution in [1.82, 2.24) is 0 Å². The molecule has 0 aliphatic heterocycles. The lowest BCUT2D eigenvalue weighted by molar-refractivity contribution is 0.0395. The summed E-state index contributed by atoms with van der Waals surface area (Å²) in [4.78, 5) is 0. The van der Waals surface area contributed by atoms with Crippen LogP contribution in [0.3, 0.4) is 0 Å². The van der Waals surface area contributed by atoms with Gasteiger partial charge in [0.15, 0.2) is 0 Å². The molecule has 1 rings (SSSR count). The molecule has 1 aliphatic carbocycles. The van der Waals surface area contributed by atoms with Gasteiger partial charge >= 0.3 is 0 Å². The summed E-state index contributed by atoms with van der Waals surface area (Å²) in [5.41, 5.74) is 1.06. The molecule has 0 nitrogen and oxygen atoms in total. The van der Waals surface area contributed by atoms with E-state index < -0.39 is 0 Å². The lowest BCUT2D eigenvalue weighted by atomic mass is 9.58. The van der Waals surface area contributed by atoms with Gasteiger partial charge in [0.05, 0.1) is 0 Å². The van der Waals surface area contributed by atoms with Crippen molar-refractivity contribution in [3.63, 3.8) is 0 Å².